The van der Waals surface area contributed by atoms with Crippen LogP contribution in [0, 0.1) is 30.9 Å². The number of benzene rings is 3. The molecule has 0 radical (unpaired) electrons. The topological polar surface area (TPSA) is 103 Å². The molecule has 4 rings (SSSR count). The second-order valence-corrected chi connectivity index (χ2v) is 9.23. The number of amides is 1. The molecule has 3 aromatic carbocycles. The first kappa shape index (κ1) is 24.2. The first-order chi connectivity index (χ1) is 16.8. The number of nitro groups is 1. The number of aromatic nitrogens is 3. The van der Waals surface area contributed by atoms with Gasteiger partial charge < -0.3 is 5.32 Å². The molecule has 0 saturated heterocycles. The van der Waals surface area contributed by atoms with Crippen molar-refractivity contribution < 1.29 is 9.72 Å². The Morgan fingerprint density at radius 2 is 1.77 bits per heavy atom. The molecule has 8 nitrogen and oxygen atoms in total. The van der Waals surface area contributed by atoms with Gasteiger partial charge in [-0.1, -0.05) is 65.4 Å². The Hall–Kier alpha value is -3.98. The molecule has 1 N–H and O–H groups in total. The monoisotopic (exact) mass is 487 g/mol. The molecule has 1 aromatic heterocycles. The minimum atomic E-state index is -0.488. The van der Waals surface area contributed by atoms with Crippen LogP contribution in [0.5, 0.6) is 0 Å². The van der Waals surface area contributed by atoms with Crippen molar-refractivity contribution in [2.24, 2.45) is 0 Å². The van der Waals surface area contributed by atoms with Gasteiger partial charge in [-0.05, 0) is 44.5 Å². The van der Waals surface area contributed by atoms with Crippen LogP contribution in [0.4, 0.5) is 5.69 Å². The summed E-state index contributed by atoms with van der Waals surface area (Å²) in [5.41, 5.74) is 5.04. The van der Waals surface area contributed by atoms with Crippen LogP contribution in [-0.4, -0.2) is 25.6 Å². The number of carbonyl (C=O) groups is 1. The van der Waals surface area contributed by atoms with E-state index in [0.717, 1.165) is 17.0 Å². The molecule has 35 heavy (non-hydrogen) atoms. The lowest BCUT2D eigenvalue weighted by Crippen LogP contribution is -2.24. The average molecular weight is 488 g/mol. The van der Waals surface area contributed by atoms with Crippen LogP contribution in [0.1, 0.15) is 38.4 Å². The van der Waals surface area contributed by atoms with E-state index in [9.17, 15) is 14.9 Å². The van der Waals surface area contributed by atoms with Gasteiger partial charge in [-0.15, -0.1) is 10.2 Å². The third kappa shape index (κ3) is 5.75. The van der Waals surface area contributed by atoms with Crippen molar-refractivity contribution in [2.75, 3.05) is 0 Å². The van der Waals surface area contributed by atoms with E-state index >= 15 is 0 Å². The summed E-state index contributed by atoms with van der Waals surface area (Å²) in [6, 6.07) is 20.8. The Balaban J connectivity index is 1.57. The standard InChI is InChI=1S/C26H25N5O3S/c1-17-7-11-22(12-8-17)30-24(28-29-26(30)35-16-20-6-4-5-18(2)13-20)15-27-25(32)21-10-9-19(3)23(14-21)31(33)34/h4-14H,15-16H2,1-3H3,(H,27,32). The number of nitrogens with zero attached hydrogens (tertiary/aromatic N) is 4. The van der Waals surface area contributed by atoms with Crippen molar-refractivity contribution in [2.45, 2.75) is 38.2 Å². The van der Waals surface area contributed by atoms with Crippen LogP contribution in [0.25, 0.3) is 5.69 Å². The van der Waals surface area contributed by atoms with Gasteiger partial charge in [-0.3, -0.25) is 19.5 Å². The molecule has 0 aliphatic heterocycles. The maximum absolute atomic E-state index is 12.7. The van der Waals surface area contributed by atoms with Crippen molar-refractivity contribution in [1.29, 1.82) is 0 Å². The highest BCUT2D eigenvalue weighted by Crippen LogP contribution is 2.26. The van der Waals surface area contributed by atoms with Crippen molar-refractivity contribution in [3.63, 3.8) is 0 Å². The van der Waals surface area contributed by atoms with Crippen molar-refractivity contribution in [1.82, 2.24) is 20.1 Å². The van der Waals surface area contributed by atoms with E-state index in [-0.39, 0.29) is 17.8 Å². The lowest BCUT2D eigenvalue weighted by Gasteiger charge is -2.12. The van der Waals surface area contributed by atoms with E-state index in [0.29, 0.717) is 16.5 Å². The SMILES string of the molecule is Cc1ccc(-n2c(CNC(=O)c3ccc(C)c([N+](=O)[O-])c3)nnc2SCc2cccc(C)c2)cc1. The van der Waals surface area contributed by atoms with Crippen LogP contribution in [0.15, 0.2) is 71.9 Å². The van der Waals surface area contributed by atoms with E-state index in [1.807, 2.05) is 41.8 Å². The number of nitrogens with one attached hydrogen (secondary N) is 1. The van der Waals surface area contributed by atoms with Crippen molar-refractivity contribution in [3.8, 4) is 5.69 Å². The number of rotatable bonds is 8. The van der Waals surface area contributed by atoms with E-state index in [4.69, 9.17) is 0 Å². The molecule has 9 heteroatoms. The molecule has 0 spiro atoms. The van der Waals surface area contributed by atoms with Gasteiger partial charge in [0.25, 0.3) is 11.6 Å². The summed E-state index contributed by atoms with van der Waals surface area (Å²) in [6.07, 6.45) is 0. The van der Waals surface area contributed by atoms with Gasteiger partial charge in [-0.25, -0.2) is 0 Å². The molecule has 0 saturated carbocycles. The number of hydrogen-bond donors (Lipinski definition) is 1. The molecular formula is C26H25N5O3S. The van der Waals surface area contributed by atoms with Gasteiger partial charge in [-0.2, -0.15) is 0 Å². The molecule has 178 valence electrons. The Bertz CT molecular complexity index is 1380. The second kappa shape index (κ2) is 10.5. The molecule has 4 aromatic rings. The van der Waals surface area contributed by atoms with Gasteiger partial charge in [0.1, 0.15) is 0 Å². The molecular weight excluding hydrogens is 462 g/mol. The number of hydrogen-bond acceptors (Lipinski definition) is 6. The highest BCUT2D eigenvalue weighted by atomic mass is 32.2. The lowest BCUT2D eigenvalue weighted by molar-refractivity contribution is -0.385. The minimum absolute atomic E-state index is 0.0877. The lowest BCUT2D eigenvalue weighted by atomic mass is 10.1. The molecule has 0 aliphatic rings. The summed E-state index contributed by atoms with van der Waals surface area (Å²) in [6.45, 7) is 5.84. The fourth-order valence-corrected chi connectivity index (χ4v) is 4.53. The van der Waals surface area contributed by atoms with E-state index < -0.39 is 10.8 Å². The molecule has 0 unspecified atom stereocenters. The summed E-state index contributed by atoms with van der Waals surface area (Å²) < 4.78 is 1.93. The van der Waals surface area contributed by atoms with Gasteiger partial charge in [0.2, 0.25) is 0 Å². The van der Waals surface area contributed by atoms with Crippen LogP contribution in [0.2, 0.25) is 0 Å². The average Bonchev–Trinajstić information content (AvgIpc) is 3.24. The maximum Gasteiger partial charge on any atom is 0.273 e. The van der Waals surface area contributed by atoms with Crippen molar-refractivity contribution in [3.05, 3.63) is 110 Å². The van der Waals surface area contributed by atoms with E-state index in [2.05, 4.69) is 40.6 Å². The summed E-state index contributed by atoms with van der Waals surface area (Å²) in [5, 5.41) is 23.5. The Labute approximate surface area is 207 Å². The predicted molar refractivity (Wildman–Crippen MR) is 136 cm³/mol. The predicted octanol–water partition coefficient (Wildman–Crippen LogP) is 5.32. The van der Waals surface area contributed by atoms with Crippen LogP contribution >= 0.6 is 11.8 Å². The Kier molecular flexibility index (Phi) is 7.26. The van der Waals surface area contributed by atoms with Crippen molar-refractivity contribution >= 4 is 23.4 Å². The van der Waals surface area contributed by atoms with E-state index in [1.54, 1.807) is 30.8 Å². The van der Waals surface area contributed by atoms with Crippen LogP contribution in [-0.2, 0) is 12.3 Å². The quantitative estimate of drug-likeness (QED) is 0.205. The van der Waals surface area contributed by atoms with Gasteiger partial charge in [0.05, 0.1) is 11.5 Å². The molecule has 0 bridgehead atoms. The summed E-state index contributed by atoms with van der Waals surface area (Å²) in [7, 11) is 0. The number of aryl methyl sites for hydroxylation is 3. The maximum atomic E-state index is 12.7. The third-order valence-corrected chi connectivity index (χ3v) is 6.52. The summed E-state index contributed by atoms with van der Waals surface area (Å²) in [5.74, 6) is 0.876. The number of carbonyl (C=O) groups excluding carboxylic acids is 1. The highest BCUT2D eigenvalue weighted by Gasteiger charge is 2.18. The fourth-order valence-electron chi connectivity index (χ4n) is 3.62. The number of thioether (sulfide) groups is 1. The molecule has 0 fully saturated rings. The molecule has 0 atom stereocenters. The first-order valence-corrected chi connectivity index (χ1v) is 12.0. The molecule has 0 aliphatic carbocycles. The van der Waals surface area contributed by atoms with Gasteiger partial charge >= 0.3 is 0 Å². The molecule has 1 amide bonds. The summed E-state index contributed by atoms with van der Waals surface area (Å²) >= 11 is 1.57. The highest BCUT2D eigenvalue weighted by molar-refractivity contribution is 7.98. The van der Waals surface area contributed by atoms with Gasteiger partial charge in [0, 0.05) is 28.6 Å². The third-order valence-electron chi connectivity index (χ3n) is 5.52. The van der Waals surface area contributed by atoms with Crippen LogP contribution < -0.4 is 5.32 Å². The first-order valence-electron chi connectivity index (χ1n) is 11.0. The zero-order valence-electron chi connectivity index (χ0n) is 19.7. The fraction of sp³-hybridized carbons (Fsp3) is 0.192. The van der Waals surface area contributed by atoms with Gasteiger partial charge in [0.15, 0.2) is 11.0 Å². The van der Waals surface area contributed by atoms with E-state index in [1.165, 1.54) is 17.2 Å². The summed E-state index contributed by atoms with van der Waals surface area (Å²) in [4.78, 5) is 23.5. The Morgan fingerprint density at radius 3 is 2.49 bits per heavy atom. The Morgan fingerprint density at radius 1 is 1.00 bits per heavy atom. The largest absolute Gasteiger partial charge is 0.345 e. The zero-order valence-corrected chi connectivity index (χ0v) is 20.5. The minimum Gasteiger partial charge on any atom is -0.345 e. The number of nitro benzene ring substituents is 1. The molecule has 1 heterocycles. The second-order valence-electron chi connectivity index (χ2n) is 8.29. The smallest absolute Gasteiger partial charge is 0.273 e. The zero-order chi connectivity index (χ0) is 24.9. The van der Waals surface area contributed by atoms with Crippen LogP contribution in [0.3, 0.4) is 0 Å². The normalized spacial score (nSPS) is 10.8.